The van der Waals surface area contributed by atoms with Gasteiger partial charge in [0.2, 0.25) is 0 Å². The summed E-state index contributed by atoms with van der Waals surface area (Å²) in [5, 5.41) is 0. The average molecular weight is 233 g/mol. The molecule has 0 spiro atoms. The predicted octanol–water partition coefficient (Wildman–Crippen LogP) is 2.24. The Balaban J connectivity index is 1.37. The van der Waals surface area contributed by atoms with Crippen molar-refractivity contribution in [3.63, 3.8) is 0 Å². The summed E-state index contributed by atoms with van der Waals surface area (Å²) in [5.41, 5.74) is 0.711. The van der Waals surface area contributed by atoms with Crippen LogP contribution in [0.5, 0.6) is 0 Å². The number of halogens is 1. The lowest BCUT2D eigenvalue weighted by atomic mass is 9.42. The SMILES string of the molecule is Fc1nccnc1N1CC(CC23CC(C2)C3)C1. The van der Waals surface area contributed by atoms with Gasteiger partial charge < -0.3 is 4.90 Å². The van der Waals surface area contributed by atoms with Crippen molar-refractivity contribution in [2.45, 2.75) is 25.7 Å². The minimum Gasteiger partial charge on any atom is -0.352 e. The van der Waals surface area contributed by atoms with Crippen LogP contribution in [0.25, 0.3) is 0 Å². The van der Waals surface area contributed by atoms with Gasteiger partial charge in [0.1, 0.15) is 0 Å². The molecule has 3 aliphatic carbocycles. The number of hydrogen-bond donors (Lipinski definition) is 0. The molecule has 1 aliphatic heterocycles. The second kappa shape index (κ2) is 3.18. The van der Waals surface area contributed by atoms with E-state index in [9.17, 15) is 4.39 Å². The molecule has 2 bridgehead atoms. The smallest absolute Gasteiger partial charge is 0.255 e. The van der Waals surface area contributed by atoms with Crippen molar-refractivity contribution >= 4 is 5.82 Å². The van der Waals surface area contributed by atoms with E-state index in [0.29, 0.717) is 11.2 Å². The monoisotopic (exact) mass is 233 g/mol. The molecule has 3 saturated carbocycles. The van der Waals surface area contributed by atoms with Gasteiger partial charge in [0, 0.05) is 25.5 Å². The van der Waals surface area contributed by atoms with Crippen LogP contribution in [-0.4, -0.2) is 23.1 Å². The fourth-order valence-corrected chi connectivity index (χ4v) is 3.92. The predicted molar refractivity (Wildman–Crippen MR) is 62.1 cm³/mol. The summed E-state index contributed by atoms with van der Waals surface area (Å²) >= 11 is 0. The summed E-state index contributed by atoms with van der Waals surface area (Å²) < 4.78 is 13.4. The molecule has 90 valence electrons. The van der Waals surface area contributed by atoms with Gasteiger partial charge in [-0.2, -0.15) is 4.39 Å². The molecule has 4 aliphatic rings. The highest BCUT2D eigenvalue weighted by atomic mass is 19.1. The maximum Gasteiger partial charge on any atom is 0.255 e. The summed E-state index contributed by atoms with van der Waals surface area (Å²) in [6.07, 6.45) is 8.70. The third kappa shape index (κ3) is 1.39. The van der Waals surface area contributed by atoms with E-state index < -0.39 is 5.95 Å². The Morgan fingerprint density at radius 1 is 1.24 bits per heavy atom. The molecule has 17 heavy (non-hydrogen) atoms. The summed E-state index contributed by atoms with van der Waals surface area (Å²) in [6, 6.07) is 0. The van der Waals surface area contributed by atoms with Gasteiger partial charge in [-0.15, -0.1) is 0 Å². The van der Waals surface area contributed by atoms with Crippen molar-refractivity contribution in [1.29, 1.82) is 0 Å². The van der Waals surface area contributed by atoms with Gasteiger partial charge in [0.25, 0.3) is 5.95 Å². The molecule has 1 aromatic heterocycles. The molecule has 5 rings (SSSR count). The highest BCUT2D eigenvalue weighted by Gasteiger charge is 2.57. The number of rotatable bonds is 3. The van der Waals surface area contributed by atoms with Gasteiger partial charge >= 0.3 is 0 Å². The number of anilines is 1. The Hall–Kier alpha value is -1.19. The van der Waals surface area contributed by atoms with Crippen LogP contribution in [0.15, 0.2) is 12.4 Å². The van der Waals surface area contributed by atoms with Gasteiger partial charge in [-0.25, -0.2) is 9.97 Å². The van der Waals surface area contributed by atoms with Gasteiger partial charge in [0.05, 0.1) is 0 Å². The lowest BCUT2D eigenvalue weighted by Crippen LogP contribution is -2.57. The van der Waals surface area contributed by atoms with E-state index in [0.717, 1.165) is 24.9 Å². The van der Waals surface area contributed by atoms with E-state index in [1.54, 1.807) is 6.20 Å². The van der Waals surface area contributed by atoms with Gasteiger partial charge in [-0.05, 0) is 42.9 Å². The Morgan fingerprint density at radius 2 is 1.94 bits per heavy atom. The summed E-state index contributed by atoms with van der Waals surface area (Å²) in [5.74, 6) is 1.80. The second-order valence-corrected chi connectivity index (χ2v) is 6.12. The number of hydrogen-bond acceptors (Lipinski definition) is 3. The van der Waals surface area contributed by atoms with E-state index in [1.807, 2.05) is 4.90 Å². The largest absolute Gasteiger partial charge is 0.352 e. The molecule has 2 heterocycles. The van der Waals surface area contributed by atoms with E-state index in [1.165, 1.54) is 31.9 Å². The van der Waals surface area contributed by atoms with Crippen molar-refractivity contribution < 1.29 is 4.39 Å². The molecule has 0 unspecified atom stereocenters. The molecule has 0 N–H and O–H groups in total. The van der Waals surface area contributed by atoms with E-state index >= 15 is 0 Å². The topological polar surface area (TPSA) is 29.0 Å². The van der Waals surface area contributed by atoms with E-state index in [-0.39, 0.29) is 0 Å². The van der Waals surface area contributed by atoms with Crippen LogP contribution in [0, 0.1) is 23.2 Å². The third-order valence-electron chi connectivity index (χ3n) is 4.78. The minimum atomic E-state index is -0.434. The molecule has 1 aromatic rings. The summed E-state index contributed by atoms with van der Waals surface area (Å²) in [6.45, 7) is 1.92. The number of aromatic nitrogens is 2. The Morgan fingerprint density at radius 3 is 2.53 bits per heavy atom. The van der Waals surface area contributed by atoms with Crippen molar-refractivity contribution in [2.75, 3.05) is 18.0 Å². The molecule has 3 nitrogen and oxygen atoms in total. The highest BCUT2D eigenvalue weighted by Crippen LogP contribution is 2.67. The van der Waals surface area contributed by atoms with Crippen LogP contribution in [-0.2, 0) is 0 Å². The molecule has 4 fully saturated rings. The normalized spacial score (nSPS) is 34.9. The van der Waals surface area contributed by atoms with Gasteiger partial charge in [-0.3, -0.25) is 0 Å². The van der Waals surface area contributed by atoms with Crippen LogP contribution >= 0.6 is 0 Å². The molecule has 0 amide bonds. The average Bonchev–Trinajstić information content (AvgIpc) is 2.13. The van der Waals surface area contributed by atoms with Crippen LogP contribution in [0.4, 0.5) is 10.2 Å². The first-order chi connectivity index (χ1) is 8.24. The third-order valence-corrected chi connectivity index (χ3v) is 4.78. The molecular formula is C13H16FN3. The maximum absolute atomic E-state index is 13.4. The van der Waals surface area contributed by atoms with Crippen molar-refractivity contribution in [2.24, 2.45) is 17.3 Å². The van der Waals surface area contributed by atoms with E-state index in [4.69, 9.17) is 0 Å². The zero-order chi connectivity index (χ0) is 11.5. The van der Waals surface area contributed by atoms with Gasteiger partial charge in [-0.1, -0.05) is 0 Å². The molecule has 0 radical (unpaired) electrons. The molecule has 4 heteroatoms. The molecular weight excluding hydrogens is 217 g/mol. The lowest BCUT2D eigenvalue weighted by Gasteiger charge is -2.64. The minimum absolute atomic E-state index is 0.432. The zero-order valence-electron chi connectivity index (χ0n) is 9.77. The second-order valence-electron chi connectivity index (χ2n) is 6.12. The van der Waals surface area contributed by atoms with Crippen molar-refractivity contribution in [1.82, 2.24) is 9.97 Å². The van der Waals surface area contributed by atoms with Gasteiger partial charge in [0.15, 0.2) is 5.82 Å². The molecule has 0 atom stereocenters. The fourth-order valence-electron chi connectivity index (χ4n) is 3.92. The fraction of sp³-hybridized carbons (Fsp3) is 0.692. The van der Waals surface area contributed by atoms with E-state index in [2.05, 4.69) is 9.97 Å². The Kier molecular flexibility index (Phi) is 1.83. The lowest BCUT2D eigenvalue weighted by molar-refractivity contribution is -0.124. The van der Waals surface area contributed by atoms with Crippen LogP contribution < -0.4 is 4.90 Å². The van der Waals surface area contributed by atoms with Crippen LogP contribution in [0.1, 0.15) is 25.7 Å². The van der Waals surface area contributed by atoms with Crippen LogP contribution in [0.3, 0.4) is 0 Å². The Labute approximate surface area is 100 Å². The van der Waals surface area contributed by atoms with Crippen molar-refractivity contribution in [3.05, 3.63) is 18.3 Å². The standard InChI is InChI=1S/C13H16FN3/c14-11-12(16-2-1-15-11)17-7-10(8-17)6-13-3-9(4-13)5-13/h1-2,9-10H,3-8H2. The zero-order valence-corrected chi connectivity index (χ0v) is 9.77. The molecule has 0 aromatic carbocycles. The first-order valence-corrected chi connectivity index (χ1v) is 6.46. The number of nitrogens with zero attached hydrogens (tertiary/aromatic N) is 3. The summed E-state index contributed by atoms with van der Waals surface area (Å²) in [4.78, 5) is 9.72. The maximum atomic E-state index is 13.4. The molecule has 1 saturated heterocycles. The van der Waals surface area contributed by atoms with Crippen LogP contribution in [0.2, 0.25) is 0 Å². The Bertz CT molecular complexity index is 439. The van der Waals surface area contributed by atoms with Crippen molar-refractivity contribution in [3.8, 4) is 0 Å². The quantitative estimate of drug-likeness (QED) is 0.801. The highest BCUT2D eigenvalue weighted by molar-refractivity contribution is 5.40. The summed E-state index contributed by atoms with van der Waals surface area (Å²) in [7, 11) is 0. The first-order valence-electron chi connectivity index (χ1n) is 6.46. The first kappa shape index (κ1) is 9.80.